The molecule has 0 spiro atoms. The topological polar surface area (TPSA) is 123 Å². The molecule has 32 heavy (non-hydrogen) atoms. The second-order valence-corrected chi connectivity index (χ2v) is 7.90. The molecule has 6 heteroatoms. The first kappa shape index (κ1) is 21.3. The molecule has 6 N–H and O–H groups in total. The summed E-state index contributed by atoms with van der Waals surface area (Å²) in [6, 6.07) is 16.4. The third-order valence-corrected chi connectivity index (χ3v) is 5.70. The number of hydrogen-bond acceptors (Lipinski definition) is 6. The van der Waals surface area contributed by atoms with Gasteiger partial charge in [-0.2, -0.15) is 0 Å². The van der Waals surface area contributed by atoms with Gasteiger partial charge in [-0.25, -0.2) is 0 Å². The van der Waals surface area contributed by atoms with Gasteiger partial charge in [0.2, 0.25) is 0 Å². The highest BCUT2D eigenvalue weighted by Crippen LogP contribution is 2.36. The first-order chi connectivity index (χ1) is 15.4. The summed E-state index contributed by atoms with van der Waals surface area (Å²) in [4.78, 5) is 13.3. The number of phenols is 2. The molecule has 0 aliphatic rings. The van der Waals surface area contributed by atoms with Crippen LogP contribution in [0.1, 0.15) is 46.2 Å². The molecule has 1 heterocycles. The van der Waals surface area contributed by atoms with Crippen LogP contribution in [0.15, 0.2) is 59.0 Å². The number of aryl methyl sites for hydroxylation is 3. The molecule has 0 aliphatic heterocycles. The third-order valence-electron chi connectivity index (χ3n) is 5.70. The van der Waals surface area contributed by atoms with E-state index in [2.05, 4.69) is 12.1 Å². The number of benzene rings is 3. The molecule has 0 aliphatic carbocycles. The van der Waals surface area contributed by atoms with E-state index in [9.17, 15) is 15.0 Å². The number of nitrogens with two attached hydrogens (primary N) is 2. The quantitative estimate of drug-likeness (QED) is 0.186. The highest BCUT2D eigenvalue weighted by molar-refractivity contribution is 6.17. The Morgan fingerprint density at radius 2 is 1.66 bits per heavy atom. The van der Waals surface area contributed by atoms with Gasteiger partial charge in [0.25, 0.3) is 0 Å². The summed E-state index contributed by atoms with van der Waals surface area (Å²) in [7, 11) is 0. The zero-order valence-electron chi connectivity index (χ0n) is 17.9. The van der Waals surface area contributed by atoms with Crippen LogP contribution < -0.4 is 11.5 Å². The average molecular weight is 431 g/mol. The van der Waals surface area contributed by atoms with E-state index in [0.29, 0.717) is 35.1 Å². The van der Waals surface area contributed by atoms with Crippen LogP contribution in [0.3, 0.4) is 0 Å². The number of carbonyl (C=O) groups is 1. The lowest BCUT2D eigenvalue weighted by Gasteiger charge is -2.08. The highest BCUT2D eigenvalue weighted by atomic mass is 16.3. The van der Waals surface area contributed by atoms with E-state index in [0.717, 1.165) is 18.4 Å². The molecule has 4 rings (SSSR count). The average Bonchev–Trinajstić information content (AvgIpc) is 3.14. The predicted octanol–water partition coefficient (Wildman–Crippen LogP) is 4.98. The summed E-state index contributed by atoms with van der Waals surface area (Å²) in [6.07, 6.45) is 2.97. The van der Waals surface area contributed by atoms with Crippen molar-refractivity contribution in [3.8, 4) is 11.5 Å². The number of phenolic OH excluding ortho intramolecular Hbond substituents is 2. The molecule has 0 fully saturated rings. The van der Waals surface area contributed by atoms with Crippen molar-refractivity contribution in [2.75, 3.05) is 11.5 Å². The first-order valence-corrected chi connectivity index (χ1v) is 10.6. The number of aromatic hydroxyl groups is 2. The number of rotatable bonds is 7. The minimum Gasteiger partial charge on any atom is -0.508 e. The Hall–Kier alpha value is -3.93. The predicted molar refractivity (Wildman–Crippen MR) is 126 cm³/mol. The monoisotopic (exact) mass is 430 g/mol. The maximum Gasteiger partial charge on any atom is 0.197 e. The van der Waals surface area contributed by atoms with Crippen LogP contribution >= 0.6 is 0 Å². The fourth-order valence-corrected chi connectivity index (χ4v) is 4.01. The van der Waals surface area contributed by atoms with Gasteiger partial charge in [-0.15, -0.1) is 0 Å². The van der Waals surface area contributed by atoms with E-state index < -0.39 is 0 Å². The molecular formula is C26H26N2O4. The molecular weight excluding hydrogens is 404 g/mol. The van der Waals surface area contributed by atoms with Crippen molar-refractivity contribution in [2.45, 2.75) is 32.6 Å². The van der Waals surface area contributed by atoms with Gasteiger partial charge in [0.15, 0.2) is 11.5 Å². The van der Waals surface area contributed by atoms with Crippen LogP contribution in [-0.2, 0) is 19.3 Å². The fourth-order valence-electron chi connectivity index (χ4n) is 4.01. The Morgan fingerprint density at radius 3 is 2.31 bits per heavy atom. The lowest BCUT2D eigenvalue weighted by molar-refractivity contribution is 0.103. The zero-order valence-corrected chi connectivity index (χ0v) is 17.9. The maximum absolute atomic E-state index is 13.3. The lowest BCUT2D eigenvalue weighted by atomic mass is 9.96. The third kappa shape index (κ3) is 3.99. The number of anilines is 2. The van der Waals surface area contributed by atoms with Crippen molar-refractivity contribution in [1.82, 2.24) is 0 Å². The molecule has 6 nitrogen and oxygen atoms in total. The SMILES string of the molecule is CCc1oc2cc(CCCc3ccccc3)c(O)cc2c1C(=O)c1cc(N)c(O)c(N)c1. The van der Waals surface area contributed by atoms with Crippen molar-refractivity contribution in [2.24, 2.45) is 0 Å². The van der Waals surface area contributed by atoms with Crippen LogP contribution in [0.4, 0.5) is 11.4 Å². The zero-order chi connectivity index (χ0) is 22.8. The largest absolute Gasteiger partial charge is 0.508 e. The molecule has 0 saturated heterocycles. The Kier molecular flexibility index (Phi) is 5.77. The van der Waals surface area contributed by atoms with E-state index in [-0.39, 0.29) is 34.2 Å². The van der Waals surface area contributed by atoms with Gasteiger partial charge in [0, 0.05) is 17.4 Å². The molecule has 0 atom stereocenters. The van der Waals surface area contributed by atoms with E-state index in [1.807, 2.05) is 31.2 Å². The molecule has 1 aromatic heterocycles. The van der Waals surface area contributed by atoms with E-state index in [4.69, 9.17) is 15.9 Å². The Balaban J connectivity index is 1.67. The van der Waals surface area contributed by atoms with Crippen LogP contribution in [0, 0.1) is 0 Å². The van der Waals surface area contributed by atoms with E-state index >= 15 is 0 Å². The van der Waals surface area contributed by atoms with Gasteiger partial charge >= 0.3 is 0 Å². The van der Waals surface area contributed by atoms with Crippen molar-refractivity contribution < 1.29 is 19.4 Å². The van der Waals surface area contributed by atoms with Gasteiger partial charge in [0.1, 0.15) is 17.1 Å². The van der Waals surface area contributed by atoms with Gasteiger partial charge < -0.3 is 26.1 Å². The van der Waals surface area contributed by atoms with Crippen molar-refractivity contribution >= 4 is 28.1 Å². The van der Waals surface area contributed by atoms with Crippen LogP contribution in [0.5, 0.6) is 11.5 Å². The summed E-state index contributed by atoms with van der Waals surface area (Å²) < 4.78 is 5.99. The first-order valence-electron chi connectivity index (χ1n) is 10.6. The summed E-state index contributed by atoms with van der Waals surface area (Å²) >= 11 is 0. The van der Waals surface area contributed by atoms with E-state index in [1.54, 1.807) is 6.07 Å². The van der Waals surface area contributed by atoms with Crippen molar-refractivity contribution in [3.63, 3.8) is 0 Å². The standard InChI is InChI=1S/C26H26N2O4/c1-2-22-24(25(30)17-11-19(27)26(31)20(28)12-17)18-14-21(29)16(13-23(18)32-22)10-6-9-15-7-4-3-5-8-15/h3-5,7-8,11-14,29,31H,2,6,9-10,27-28H2,1H3. The fraction of sp³-hybridized carbons (Fsp3) is 0.192. The lowest BCUT2D eigenvalue weighted by Crippen LogP contribution is -2.06. The number of carbonyl (C=O) groups excluding carboxylic acids is 1. The summed E-state index contributed by atoms with van der Waals surface area (Å²) in [5, 5.41) is 21.0. The van der Waals surface area contributed by atoms with Crippen molar-refractivity contribution in [3.05, 3.63) is 82.6 Å². The maximum atomic E-state index is 13.3. The van der Waals surface area contributed by atoms with Crippen LogP contribution in [-0.4, -0.2) is 16.0 Å². The number of hydrogen-bond donors (Lipinski definition) is 4. The number of furan rings is 1. The summed E-state index contributed by atoms with van der Waals surface area (Å²) in [5.41, 5.74) is 14.8. The van der Waals surface area contributed by atoms with Gasteiger partial charge in [0.05, 0.1) is 16.9 Å². The smallest absolute Gasteiger partial charge is 0.197 e. The normalized spacial score (nSPS) is 11.2. The Labute approximate surface area is 186 Å². The summed E-state index contributed by atoms with van der Waals surface area (Å²) in [5.74, 6) is 0.0891. The molecule has 0 radical (unpaired) electrons. The number of fused-ring (bicyclic) bond motifs is 1. The highest BCUT2D eigenvalue weighted by Gasteiger charge is 2.23. The van der Waals surface area contributed by atoms with Gasteiger partial charge in [-0.1, -0.05) is 37.3 Å². The Morgan fingerprint density at radius 1 is 0.969 bits per heavy atom. The summed E-state index contributed by atoms with van der Waals surface area (Å²) in [6.45, 7) is 1.90. The molecule has 3 aromatic carbocycles. The second-order valence-electron chi connectivity index (χ2n) is 7.90. The van der Waals surface area contributed by atoms with Gasteiger partial charge in [-0.3, -0.25) is 4.79 Å². The van der Waals surface area contributed by atoms with Crippen molar-refractivity contribution in [1.29, 1.82) is 0 Å². The molecule has 0 amide bonds. The minimum atomic E-state index is -0.324. The molecule has 0 unspecified atom stereocenters. The van der Waals surface area contributed by atoms with Crippen LogP contribution in [0.25, 0.3) is 11.0 Å². The Bertz CT molecular complexity index is 1270. The number of nitrogen functional groups attached to an aromatic ring is 2. The molecule has 164 valence electrons. The molecule has 0 saturated carbocycles. The van der Waals surface area contributed by atoms with E-state index in [1.165, 1.54) is 17.7 Å². The molecule has 4 aromatic rings. The van der Waals surface area contributed by atoms with Gasteiger partial charge in [-0.05, 0) is 54.7 Å². The number of ketones is 1. The minimum absolute atomic E-state index is 0.0303. The second kappa shape index (κ2) is 8.67. The van der Waals surface area contributed by atoms with Crippen LogP contribution in [0.2, 0.25) is 0 Å². The molecule has 0 bridgehead atoms.